The fraction of sp³-hybridized carbons (Fsp3) is 0.519. The molecular weight excluding hydrogens is 939 g/mol. The third-order valence-corrected chi connectivity index (χ3v) is 17.9. The molecule has 4 aliphatic heterocycles. The van der Waals surface area contributed by atoms with Gasteiger partial charge in [-0.15, -0.1) is 0 Å². The Kier molecular flexibility index (Phi) is 12.9. The Balaban J connectivity index is 0.842. The number of aliphatic hydroxyl groups is 1. The molecule has 3 aromatic carbocycles. The van der Waals surface area contributed by atoms with E-state index >= 15 is 0 Å². The zero-order valence-corrected chi connectivity index (χ0v) is 42.0. The standard InChI is InChI=1S/C54H65N7O10S/c1-33(2)40-7-4-5-8-41(40)44-9-6-21-60(44)37-29-54(30-37)18-22-59(23-19-54)36-10-11-42(46(26-36)71-48-25-35-14-20-55-50(35)57-52(48)70-38-15-24-68-31-38)51(62)58-72(66,67)39-27-45(61(64)65)49-47(28-39)69-32-43(56-49)34-12-16-53(3,63)17-13-34/h4-5,7-8,10-11,14,20,25-28,33-34,37-38,43-44,56,63H,6,9,12-13,15-19,21-24,29-32H2,1-3H3,(H,55,57)(H,58,62)/t34?,38-,43+,44-,53?/m0/s1. The van der Waals surface area contributed by atoms with Crippen molar-refractivity contribution in [3.05, 3.63) is 99.7 Å². The average Bonchev–Trinajstić information content (AvgIpc) is 4.16. The molecule has 382 valence electrons. The van der Waals surface area contributed by atoms with Crippen molar-refractivity contribution < 1.29 is 42.2 Å². The minimum absolute atomic E-state index is 0.00863. The second kappa shape index (κ2) is 19.1. The number of nitrogens with zero attached hydrogens (tertiary/aromatic N) is 4. The fourth-order valence-corrected chi connectivity index (χ4v) is 13.4. The number of fused-ring (bicyclic) bond motifs is 2. The predicted octanol–water partition coefficient (Wildman–Crippen LogP) is 9.37. The van der Waals surface area contributed by atoms with Crippen LogP contribution in [-0.4, -0.2) is 102 Å². The van der Waals surface area contributed by atoms with Crippen molar-refractivity contribution >= 4 is 44.0 Å². The second-order valence-electron chi connectivity index (χ2n) is 21.7. The minimum Gasteiger partial charge on any atom is -0.489 e. The molecule has 18 heteroatoms. The van der Waals surface area contributed by atoms with Crippen LogP contribution in [0.3, 0.4) is 0 Å². The molecule has 5 aromatic rings. The third-order valence-electron chi connectivity index (χ3n) is 16.5. The maximum Gasteiger partial charge on any atom is 0.297 e. The number of rotatable bonds is 13. The summed E-state index contributed by atoms with van der Waals surface area (Å²) in [7, 11) is -4.72. The van der Waals surface area contributed by atoms with E-state index in [1.54, 1.807) is 24.4 Å². The van der Waals surface area contributed by atoms with Crippen LogP contribution in [0.1, 0.15) is 125 Å². The number of aromatic amines is 1. The summed E-state index contributed by atoms with van der Waals surface area (Å²) in [5.41, 5.74) is 3.33. The van der Waals surface area contributed by atoms with Gasteiger partial charge in [0.25, 0.3) is 27.5 Å². The number of benzene rings is 3. The molecule has 6 heterocycles. The summed E-state index contributed by atoms with van der Waals surface area (Å²) in [5, 5.41) is 27.0. The first-order valence-electron chi connectivity index (χ1n) is 25.8. The number of hydrogen-bond acceptors (Lipinski definition) is 14. The van der Waals surface area contributed by atoms with Crippen LogP contribution in [0.4, 0.5) is 17.1 Å². The van der Waals surface area contributed by atoms with E-state index in [9.17, 15) is 28.4 Å². The van der Waals surface area contributed by atoms with Crippen molar-refractivity contribution in [3.63, 3.8) is 0 Å². The molecule has 5 fully saturated rings. The van der Waals surface area contributed by atoms with E-state index in [0.717, 1.165) is 49.6 Å². The molecule has 3 atom stereocenters. The number of H-pyrrole nitrogens is 1. The van der Waals surface area contributed by atoms with Crippen molar-refractivity contribution in [1.29, 1.82) is 0 Å². The molecule has 0 radical (unpaired) electrons. The smallest absolute Gasteiger partial charge is 0.297 e. The van der Waals surface area contributed by atoms with Crippen LogP contribution in [0.2, 0.25) is 0 Å². The molecule has 3 saturated heterocycles. The van der Waals surface area contributed by atoms with Crippen LogP contribution in [0.25, 0.3) is 11.0 Å². The number of nitrogens with one attached hydrogen (secondary N) is 3. The zero-order chi connectivity index (χ0) is 49.9. The monoisotopic (exact) mass is 1000 g/mol. The lowest BCUT2D eigenvalue weighted by Gasteiger charge is -2.56. The number of carbonyl (C=O) groups excluding carboxylic acids is 1. The Morgan fingerprint density at radius 2 is 1.76 bits per heavy atom. The molecule has 2 aromatic heterocycles. The average molecular weight is 1000 g/mol. The van der Waals surface area contributed by atoms with Gasteiger partial charge in [0.2, 0.25) is 0 Å². The normalized spacial score (nSPS) is 25.4. The highest BCUT2D eigenvalue weighted by molar-refractivity contribution is 7.90. The molecule has 17 nitrogen and oxygen atoms in total. The van der Waals surface area contributed by atoms with Crippen LogP contribution in [-0.2, 0) is 14.8 Å². The Labute approximate surface area is 420 Å². The molecule has 1 amide bonds. The molecule has 72 heavy (non-hydrogen) atoms. The Morgan fingerprint density at radius 1 is 0.972 bits per heavy atom. The quantitative estimate of drug-likeness (QED) is 0.0640. The number of nitro groups is 1. The molecule has 2 aliphatic carbocycles. The molecule has 1 spiro atoms. The summed E-state index contributed by atoms with van der Waals surface area (Å²) in [6.07, 6.45) is 11.5. The first-order chi connectivity index (χ1) is 34.6. The zero-order valence-electron chi connectivity index (χ0n) is 41.2. The molecule has 11 rings (SSSR count). The van der Waals surface area contributed by atoms with Crippen molar-refractivity contribution in [3.8, 4) is 23.1 Å². The van der Waals surface area contributed by atoms with Gasteiger partial charge >= 0.3 is 0 Å². The maximum absolute atomic E-state index is 14.4. The number of likely N-dealkylation sites (tertiary alicyclic amines) is 1. The van der Waals surface area contributed by atoms with Crippen LogP contribution in [0, 0.1) is 21.4 Å². The minimum atomic E-state index is -4.72. The highest BCUT2D eigenvalue weighted by Crippen LogP contribution is 2.55. The highest BCUT2D eigenvalue weighted by Gasteiger charge is 2.50. The number of hydrogen-bond donors (Lipinski definition) is 4. The summed E-state index contributed by atoms with van der Waals surface area (Å²) in [4.78, 5) is 38.7. The van der Waals surface area contributed by atoms with Crippen molar-refractivity contribution in [1.82, 2.24) is 19.6 Å². The number of carbonyl (C=O) groups is 1. The Hall–Kier alpha value is -5.95. The van der Waals surface area contributed by atoms with Gasteiger partial charge in [0.05, 0.1) is 40.2 Å². The van der Waals surface area contributed by atoms with E-state index in [1.165, 1.54) is 42.9 Å². The van der Waals surface area contributed by atoms with Gasteiger partial charge in [-0.1, -0.05) is 38.1 Å². The molecule has 6 aliphatic rings. The summed E-state index contributed by atoms with van der Waals surface area (Å²) in [6, 6.07) is 20.6. The van der Waals surface area contributed by atoms with Gasteiger partial charge < -0.3 is 39.3 Å². The van der Waals surface area contributed by atoms with E-state index in [1.807, 2.05) is 19.1 Å². The summed E-state index contributed by atoms with van der Waals surface area (Å²) in [6.45, 7) is 10.2. The largest absolute Gasteiger partial charge is 0.489 e. The SMILES string of the molecule is CC(C)c1ccccc1[C@@H]1CCCN1C1CC2(CCN(c3ccc(C(=O)NS(=O)(=O)c4cc5c(c([N+](=O)[O-])c4)N[C@@H](C4CCC(C)(O)CC4)CO5)c(Oc4cc5cc[nH]c5nc4O[C@H]4CCOC4)c3)CC2)C1. The van der Waals surface area contributed by atoms with Crippen molar-refractivity contribution in [2.75, 3.05) is 49.7 Å². The first kappa shape index (κ1) is 48.3. The lowest BCUT2D eigenvalue weighted by Crippen LogP contribution is -2.54. The number of amides is 1. The number of ether oxygens (including phenoxy) is 4. The highest BCUT2D eigenvalue weighted by atomic mass is 32.2. The van der Waals surface area contributed by atoms with Gasteiger partial charge in [0.15, 0.2) is 17.2 Å². The lowest BCUT2D eigenvalue weighted by atomic mass is 9.59. The number of pyridine rings is 1. The van der Waals surface area contributed by atoms with Gasteiger partial charge in [0, 0.05) is 67.1 Å². The third kappa shape index (κ3) is 9.58. The molecule has 4 N–H and O–H groups in total. The summed E-state index contributed by atoms with van der Waals surface area (Å²) >= 11 is 0. The van der Waals surface area contributed by atoms with Gasteiger partial charge in [-0.25, -0.2) is 13.1 Å². The van der Waals surface area contributed by atoms with E-state index in [4.69, 9.17) is 23.9 Å². The van der Waals surface area contributed by atoms with Gasteiger partial charge in [-0.05, 0) is 130 Å². The second-order valence-corrected chi connectivity index (χ2v) is 23.4. The van der Waals surface area contributed by atoms with E-state index in [2.05, 4.69) is 62.9 Å². The van der Waals surface area contributed by atoms with E-state index in [-0.39, 0.29) is 64.5 Å². The van der Waals surface area contributed by atoms with Crippen LogP contribution >= 0.6 is 0 Å². The van der Waals surface area contributed by atoms with Gasteiger partial charge in [-0.2, -0.15) is 4.98 Å². The number of aromatic nitrogens is 2. The van der Waals surface area contributed by atoms with Gasteiger partial charge in [-0.3, -0.25) is 19.8 Å². The number of nitro benzene ring substituents is 1. The Morgan fingerprint density at radius 3 is 2.51 bits per heavy atom. The van der Waals surface area contributed by atoms with Crippen LogP contribution in [0.15, 0.2) is 77.8 Å². The van der Waals surface area contributed by atoms with Gasteiger partial charge in [0.1, 0.15) is 24.1 Å². The molecule has 2 saturated carbocycles. The van der Waals surface area contributed by atoms with E-state index < -0.39 is 37.0 Å². The molecular formula is C54H65N7O10S. The van der Waals surface area contributed by atoms with Crippen molar-refractivity contribution in [2.45, 2.75) is 132 Å². The summed E-state index contributed by atoms with van der Waals surface area (Å²) in [5.74, 6) is 0.0550. The first-order valence-corrected chi connectivity index (χ1v) is 27.2. The topological polar surface area (TPSA) is 211 Å². The maximum atomic E-state index is 14.4. The lowest BCUT2D eigenvalue weighted by molar-refractivity contribution is -0.384. The molecule has 0 unspecified atom stereocenters. The fourth-order valence-electron chi connectivity index (χ4n) is 12.4. The molecule has 0 bridgehead atoms. The van der Waals surface area contributed by atoms with Crippen LogP contribution in [0.5, 0.6) is 23.1 Å². The number of sulfonamides is 1. The van der Waals surface area contributed by atoms with E-state index in [0.29, 0.717) is 69.0 Å². The number of piperidine rings is 1. The Bertz CT molecular complexity index is 2960. The number of anilines is 2. The summed E-state index contributed by atoms with van der Waals surface area (Å²) < 4.78 is 55.1. The predicted molar refractivity (Wildman–Crippen MR) is 272 cm³/mol. The van der Waals surface area contributed by atoms with Crippen LogP contribution < -0.4 is 29.1 Å². The van der Waals surface area contributed by atoms with Crippen molar-refractivity contribution in [2.24, 2.45) is 11.3 Å².